The second-order valence-electron chi connectivity index (χ2n) is 4.48. The summed E-state index contributed by atoms with van der Waals surface area (Å²) in [6, 6.07) is 0. The molecule has 102 valence electrons. The number of halogens is 2. The van der Waals surface area contributed by atoms with Crippen LogP contribution in [0, 0.1) is 0 Å². The van der Waals surface area contributed by atoms with Gasteiger partial charge in [0.2, 0.25) is 0 Å². The third kappa shape index (κ3) is 12.3. The van der Waals surface area contributed by atoms with Crippen LogP contribution in [-0.2, 0) is 9.53 Å². The van der Waals surface area contributed by atoms with Gasteiger partial charge in [0, 0.05) is 17.2 Å². The predicted octanol–water partition coefficient (Wildman–Crippen LogP) is 4.51. The number of hydrogen-bond acceptors (Lipinski definition) is 2. The maximum Gasteiger partial charge on any atom is 0.305 e. The topological polar surface area (TPSA) is 26.3 Å². The van der Waals surface area contributed by atoms with Gasteiger partial charge in [-0.1, -0.05) is 19.3 Å². The molecule has 2 nitrogen and oxygen atoms in total. The van der Waals surface area contributed by atoms with Crippen LogP contribution in [-0.4, -0.2) is 23.8 Å². The van der Waals surface area contributed by atoms with Gasteiger partial charge in [0.1, 0.15) is 0 Å². The lowest BCUT2D eigenvalue weighted by Crippen LogP contribution is -2.03. The molecule has 0 saturated carbocycles. The first-order valence-electron chi connectivity index (χ1n) is 6.41. The van der Waals surface area contributed by atoms with Gasteiger partial charge < -0.3 is 4.74 Å². The Labute approximate surface area is 115 Å². The summed E-state index contributed by atoms with van der Waals surface area (Å²) in [4.78, 5) is 10.9. The number of rotatable bonds is 10. The van der Waals surface area contributed by atoms with Gasteiger partial charge in [-0.2, -0.15) is 0 Å². The largest absolute Gasteiger partial charge is 0.469 e. The SMILES string of the molecule is COC(=O)CCCC(Cl)CCCCCC(C)Cl. The fourth-order valence-electron chi connectivity index (χ4n) is 1.68. The zero-order valence-electron chi connectivity index (χ0n) is 10.9. The van der Waals surface area contributed by atoms with E-state index in [9.17, 15) is 4.79 Å². The van der Waals surface area contributed by atoms with Gasteiger partial charge in [-0.15, -0.1) is 23.2 Å². The molecule has 2 atom stereocenters. The third-order valence-electron chi connectivity index (χ3n) is 2.75. The fourth-order valence-corrected chi connectivity index (χ4v) is 2.15. The summed E-state index contributed by atoms with van der Waals surface area (Å²) in [5.74, 6) is -0.148. The maximum atomic E-state index is 10.9. The van der Waals surface area contributed by atoms with Gasteiger partial charge in [-0.05, 0) is 32.6 Å². The van der Waals surface area contributed by atoms with Crippen LogP contribution in [0.3, 0.4) is 0 Å². The molecule has 0 aromatic carbocycles. The van der Waals surface area contributed by atoms with E-state index in [2.05, 4.69) is 4.74 Å². The Morgan fingerprint density at radius 3 is 2.24 bits per heavy atom. The van der Waals surface area contributed by atoms with Gasteiger partial charge in [-0.3, -0.25) is 4.79 Å². The van der Waals surface area contributed by atoms with E-state index in [0.29, 0.717) is 6.42 Å². The van der Waals surface area contributed by atoms with Crippen molar-refractivity contribution in [3.8, 4) is 0 Å². The standard InChI is InChI=1S/C13H24Cl2O2/c1-11(14)7-4-3-5-8-12(15)9-6-10-13(16)17-2/h11-12H,3-10H2,1-2H3. The first-order chi connectivity index (χ1) is 8.06. The molecule has 0 aliphatic heterocycles. The highest BCUT2D eigenvalue weighted by atomic mass is 35.5. The minimum Gasteiger partial charge on any atom is -0.469 e. The number of unbranched alkanes of at least 4 members (excludes halogenated alkanes) is 2. The molecular formula is C13H24Cl2O2. The predicted molar refractivity (Wildman–Crippen MR) is 73.9 cm³/mol. The molecule has 0 rings (SSSR count). The second-order valence-corrected chi connectivity index (χ2v) is 5.85. The fraction of sp³-hybridized carbons (Fsp3) is 0.923. The number of hydrogen-bond donors (Lipinski definition) is 0. The van der Waals surface area contributed by atoms with Gasteiger partial charge in [0.25, 0.3) is 0 Å². The molecule has 0 spiro atoms. The Bertz CT molecular complexity index is 196. The normalized spacial score (nSPS) is 14.4. The van der Waals surface area contributed by atoms with Crippen LogP contribution >= 0.6 is 23.2 Å². The molecule has 0 bridgehead atoms. The summed E-state index contributed by atoms with van der Waals surface area (Å²) in [5, 5.41) is 0.468. The molecule has 17 heavy (non-hydrogen) atoms. The van der Waals surface area contributed by atoms with Crippen molar-refractivity contribution in [1.29, 1.82) is 0 Å². The van der Waals surface area contributed by atoms with Crippen LogP contribution in [0.5, 0.6) is 0 Å². The molecule has 4 heteroatoms. The van der Waals surface area contributed by atoms with Crippen molar-refractivity contribution >= 4 is 29.2 Å². The number of esters is 1. The first-order valence-corrected chi connectivity index (χ1v) is 7.28. The van der Waals surface area contributed by atoms with Crippen molar-refractivity contribution in [2.24, 2.45) is 0 Å². The van der Waals surface area contributed by atoms with E-state index in [4.69, 9.17) is 23.2 Å². The zero-order chi connectivity index (χ0) is 13.1. The summed E-state index contributed by atoms with van der Waals surface area (Å²) in [5.41, 5.74) is 0. The van der Waals surface area contributed by atoms with Gasteiger partial charge in [-0.25, -0.2) is 0 Å². The molecule has 0 radical (unpaired) electrons. The zero-order valence-corrected chi connectivity index (χ0v) is 12.4. The smallest absolute Gasteiger partial charge is 0.305 e. The summed E-state index contributed by atoms with van der Waals surface area (Å²) in [7, 11) is 1.42. The quantitative estimate of drug-likeness (QED) is 0.335. The van der Waals surface area contributed by atoms with Crippen molar-refractivity contribution in [2.75, 3.05) is 7.11 Å². The lowest BCUT2D eigenvalue weighted by atomic mass is 10.1. The van der Waals surface area contributed by atoms with Crippen LogP contribution in [0.15, 0.2) is 0 Å². The van der Waals surface area contributed by atoms with Crippen LogP contribution in [0.2, 0.25) is 0 Å². The highest BCUT2D eigenvalue weighted by Crippen LogP contribution is 2.17. The maximum absolute atomic E-state index is 10.9. The number of carbonyl (C=O) groups is 1. The van der Waals surface area contributed by atoms with E-state index in [1.54, 1.807) is 0 Å². The number of ether oxygens (including phenoxy) is 1. The number of carbonyl (C=O) groups excluding carboxylic acids is 1. The van der Waals surface area contributed by atoms with Crippen LogP contribution in [0.25, 0.3) is 0 Å². The molecule has 0 fully saturated rings. The van der Waals surface area contributed by atoms with Crippen molar-refractivity contribution in [1.82, 2.24) is 0 Å². The summed E-state index contributed by atoms with van der Waals surface area (Å²) < 4.78 is 4.57. The molecule has 0 N–H and O–H groups in total. The molecule has 0 aliphatic rings. The van der Waals surface area contributed by atoms with Crippen LogP contribution in [0.1, 0.15) is 58.3 Å². The van der Waals surface area contributed by atoms with Crippen molar-refractivity contribution in [2.45, 2.75) is 69.0 Å². The monoisotopic (exact) mass is 282 g/mol. The molecular weight excluding hydrogens is 259 g/mol. The van der Waals surface area contributed by atoms with Crippen molar-refractivity contribution < 1.29 is 9.53 Å². The van der Waals surface area contributed by atoms with E-state index in [1.165, 1.54) is 20.0 Å². The van der Waals surface area contributed by atoms with Crippen molar-refractivity contribution in [3.63, 3.8) is 0 Å². The third-order valence-corrected chi connectivity index (χ3v) is 3.40. The Balaban J connectivity index is 3.28. The Kier molecular flexibility index (Phi) is 11.2. The summed E-state index contributed by atoms with van der Waals surface area (Å²) >= 11 is 12.0. The minimum absolute atomic E-state index is 0.148. The van der Waals surface area contributed by atoms with E-state index >= 15 is 0 Å². The van der Waals surface area contributed by atoms with Crippen molar-refractivity contribution in [3.05, 3.63) is 0 Å². The van der Waals surface area contributed by atoms with Crippen LogP contribution < -0.4 is 0 Å². The lowest BCUT2D eigenvalue weighted by Gasteiger charge is -2.09. The molecule has 0 amide bonds. The molecule has 0 heterocycles. The molecule has 0 aliphatic carbocycles. The van der Waals surface area contributed by atoms with Gasteiger partial charge in [0.05, 0.1) is 7.11 Å². The second kappa shape index (κ2) is 11.2. The Morgan fingerprint density at radius 2 is 1.65 bits per heavy atom. The van der Waals surface area contributed by atoms with E-state index in [1.807, 2.05) is 6.92 Å². The average Bonchev–Trinajstić information content (AvgIpc) is 2.27. The molecule has 0 aromatic heterocycles. The average molecular weight is 283 g/mol. The van der Waals surface area contributed by atoms with E-state index in [-0.39, 0.29) is 16.7 Å². The van der Waals surface area contributed by atoms with Crippen LogP contribution in [0.4, 0.5) is 0 Å². The first kappa shape index (κ1) is 17.1. The summed E-state index contributed by atoms with van der Waals surface area (Å²) in [6.45, 7) is 2.03. The van der Waals surface area contributed by atoms with E-state index < -0.39 is 0 Å². The highest BCUT2D eigenvalue weighted by molar-refractivity contribution is 6.20. The minimum atomic E-state index is -0.148. The Hall–Kier alpha value is 0.0500. The lowest BCUT2D eigenvalue weighted by molar-refractivity contribution is -0.140. The number of alkyl halides is 2. The molecule has 0 saturated heterocycles. The van der Waals surface area contributed by atoms with Gasteiger partial charge >= 0.3 is 5.97 Å². The molecule has 2 unspecified atom stereocenters. The van der Waals surface area contributed by atoms with E-state index in [0.717, 1.165) is 32.1 Å². The van der Waals surface area contributed by atoms with Gasteiger partial charge in [0.15, 0.2) is 0 Å². The number of methoxy groups -OCH3 is 1. The summed E-state index contributed by atoms with van der Waals surface area (Å²) in [6.07, 6.45) is 7.81. The Morgan fingerprint density at radius 1 is 1.06 bits per heavy atom. The highest BCUT2D eigenvalue weighted by Gasteiger charge is 2.07. The molecule has 0 aromatic rings.